The highest BCUT2D eigenvalue weighted by molar-refractivity contribution is 7.91. The summed E-state index contributed by atoms with van der Waals surface area (Å²) in [5.41, 5.74) is 5.30. The van der Waals surface area contributed by atoms with Crippen LogP contribution in [0.2, 0.25) is 0 Å². The van der Waals surface area contributed by atoms with Gasteiger partial charge in [0.05, 0.1) is 25.0 Å². The van der Waals surface area contributed by atoms with Crippen molar-refractivity contribution in [3.8, 4) is 0 Å². The zero-order valence-electron chi connectivity index (χ0n) is 11.7. The molecular weight excluding hydrogens is 332 g/mol. The molecule has 0 saturated heterocycles. The fourth-order valence-electron chi connectivity index (χ4n) is 1.83. The zero-order valence-corrected chi connectivity index (χ0v) is 13.4. The third-order valence-electron chi connectivity index (χ3n) is 2.75. The summed E-state index contributed by atoms with van der Waals surface area (Å²) < 4.78 is 56.1. The Morgan fingerprint density at radius 2 is 1.18 bits per heavy atom. The van der Waals surface area contributed by atoms with Gasteiger partial charge in [-0.3, -0.25) is 0 Å². The van der Waals surface area contributed by atoms with Crippen LogP contribution in [0.5, 0.6) is 0 Å². The smallest absolute Gasteiger partial charge is 0.186 e. The summed E-state index contributed by atoms with van der Waals surface area (Å²) in [6.07, 6.45) is 8.39. The zero-order chi connectivity index (χ0) is 16.4. The largest absolute Gasteiger partial charge is 0.358 e. The van der Waals surface area contributed by atoms with Crippen molar-refractivity contribution in [3.05, 3.63) is 58.1 Å². The SMILES string of the molecule is CNOS(=O)(=O)C1=C[CH+]C2=CC(S(=O)(=O)ONC)=C[CH+]C2=C1. The summed E-state index contributed by atoms with van der Waals surface area (Å²) >= 11 is 0. The van der Waals surface area contributed by atoms with Gasteiger partial charge in [0, 0.05) is 14.1 Å². The number of hydroxylamine groups is 2. The van der Waals surface area contributed by atoms with E-state index in [2.05, 4.69) is 19.5 Å². The van der Waals surface area contributed by atoms with Crippen LogP contribution in [0.4, 0.5) is 0 Å². The van der Waals surface area contributed by atoms with Crippen molar-refractivity contribution in [1.82, 2.24) is 11.0 Å². The van der Waals surface area contributed by atoms with Crippen molar-refractivity contribution in [2.24, 2.45) is 0 Å². The molecule has 0 aromatic rings. The molecule has 118 valence electrons. The first-order valence-corrected chi connectivity index (χ1v) is 8.86. The van der Waals surface area contributed by atoms with E-state index in [9.17, 15) is 16.8 Å². The first-order chi connectivity index (χ1) is 10.3. The predicted octanol–water partition coefficient (Wildman–Crippen LogP) is 0.00438. The van der Waals surface area contributed by atoms with Crippen molar-refractivity contribution >= 4 is 20.2 Å². The summed E-state index contributed by atoms with van der Waals surface area (Å²) in [6, 6.07) is 0. The lowest BCUT2D eigenvalue weighted by Crippen LogP contribution is -2.20. The van der Waals surface area contributed by atoms with E-state index in [1.54, 1.807) is 0 Å². The van der Waals surface area contributed by atoms with Crippen LogP contribution in [0.1, 0.15) is 0 Å². The molecule has 2 aliphatic carbocycles. The average molecular weight is 346 g/mol. The number of rotatable bonds is 6. The number of nitrogens with one attached hydrogen (secondary N) is 2. The lowest BCUT2D eigenvalue weighted by Gasteiger charge is -2.07. The average Bonchev–Trinajstić information content (AvgIpc) is 2.46. The van der Waals surface area contributed by atoms with E-state index in [4.69, 9.17) is 0 Å². The van der Waals surface area contributed by atoms with Crippen LogP contribution < -0.4 is 11.0 Å². The molecule has 10 heteroatoms. The number of hydrogen-bond acceptors (Lipinski definition) is 8. The molecule has 0 amide bonds. The summed E-state index contributed by atoms with van der Waals surface area (Å²) in [5.74, 6) is 0. The van der Waals surface area contributed by atoms with E-state index < -0.39 is 20.2 Å². The Kier molecular flexibility index (Phi) is 4.80. The normalized spacial score (nSPS) is 18.1. The fourth-order valence-corrected chi connectivity index (χ4v) is 3.47. The molecule has 0 spiro atoms. The molecule has 0 fully saturated rings. The van der Waals surface area contributed by atoms with Crippen LogP contribution in [0.25, 0.3) is 0 Å². The van der Waals surface area contributed by atoms with E-state index in [1.807, 2.05) is 0 Å². The molecule has 0 saturated carbocycles. The fraction of sp³-hybridized carbons (Fsp3) is 0.167. The highest BCUT2D eigenvalue weighted by Gasteiger charge is 2.38. The second-order valence-corrected chi connectivity index (χ2v) is 7.25. The van der Waals surface area contributed by atoms with Crippen LogP contribution >= 0.6 is 0 Å². The van der Waals surface area contributed by atoms with Crippen LogP contribution in [0.3, 0.4) is 0 Å². The minimum absolute atomic E-state index is 0.0450. The number of fused-ring (bicyclic) bond motifs is 1. The van der Waals surface area contributed by atoms with Gasteiger partial charge in [-0.05, 0) is 0 Å². The van der Waals surface area contributed by atoms with Gasteiger partial charge in [-0.1, -0.05) is 0 Å². The van der Waals surface area contributed by atoms with E-state index in [-0.39, 0.29) is 9.81 Å². The molecule has 2 aliphatic rings. The molecule has 2 N–H and O–H groups in total. The van der Waals surface area contributed by atoms with Crippen LogP contribution in [-0.4, -0.2) is 30.9 Å². The molecule has 0 heterocycles. The second kappa shape index (κ2) is 6.28. The summed E-state index contributed by atoms with van der Waals surface area (Å²) in [6.45, 7) is 0. The lowest BCUT2D eigenvalue weighted by atomic mass is 9.92. The minimum atomic E-state index is -3.91. The van der Waals surface area contributed by atoms with Crippen LogP contribution in [0, 0.1) is 12.8 Å². The van der Waals surface area contributed by atoms with E-state index in [0.717, 1.165) is 0 Å². The van der Waals surface area contributed by atoms with E-state index in [0.29, 0.717) is 11.1 Å². The maximum atomic E-state index is 11.8. The summed E-state index contributed by atoms with van der Waals surface area (Å²) in [4.78, 5) is -0.0899. The molecule has 0 aromatic carbocycles. The number of allylic oxidation sites excluding steroid dienone is 6. The van der Waals surface area contributed by atoms with Crippen LogP contribution in [0.15, 0.2) is 45.3 Å². The van der Waals surface area contributed by atoms with Gasteiger partial charge in [-0.2, -0.15) is 36.4 Å². The summed E-state index contributed by atoms with van der Waals surface area (Å²) in [5, 5.41) is 0. The Hall–Kier alpha value is -1.56. The van der Waals surface area contributed by atoms with Gasteiger partial charge in [-0.25, -0.2) is 0 Å². The molecule has 0 aromatic heterocycles. The number of hydrogen-bond donors (Lipinski definition) is 2. The third kappa shape index (κ3) is 3.43. The molecule has 2 rings (SSSR count). The van der Waals surface area contributed by atoms with E-state index in [1.165, 1.54) is 51.2 Å². The molecule has 0 aliphatic heterocycles. The van der Waals surface area contributed by atoms with Gasteiger partial charge in [0.15, 0.2) is 11.1 Å². The lowest BCUT2D eigenvalue weighted by molar-refractivity contribution is 0.234. The maximum Gasteiger partial charge on any atom is 0.358 e. The Bertz CT molecular complexity index is 719. The van der Waals surface area contributed by atoms with Gasteiger partial charge in [0.25, 0.3) is 0 Å². The highest BCUT2D eigenvalue weighted by atomic mass is 32.2. The van der Waals surface area contributed by atoms with E-state index >= 15 is 0 Å². The highest BCUT2D eigenvalue weighted by Crippen LogP contribution is 2.33. The Balaban J connectivity index is 2.27. The summed E-state index contributed by atoms with van der Waals surface area (Å²) in [7, 11) is -5.16. The third-order valence-corrected chi connectivity index (χ3v) is 5.18. The maximum absolute atomic E-state index is 11.8. The van der Waals surface area contributed by atoms with Gasteiger partial charge < -0.3 is 0 Å². The van der Waals surface area contributed by atoms with Crippen LogP contribution in [-0.2, 0) is 28.8 Å². The van der Waals surface area contributed by atoms with Crippen molar-refractivity contribution < 1.29 is 25.4 Å². The van der Waals surface area contributed by atoms with Crippen molar-refractivity contribution in [2.75, 3.05) is 14.1 Å². The molecule has 0 radical (unpaired) electrons. The van der Waals surface area contributed by atoms with Gasteiger partial charge in [0.2, 0.25) is 9.81 Å². The molecule has 22 heavy (non-hydrogen) atoms. The predicted molar refractivity (Wildman–Crippen MR) is 79.1 cm³/mol. The Labute approximate surface area is 129 Å². The van der Waals surface area contributed by atoms with Gasteiger partial charge >= 0.3 is 20.2 Å². The molecular formula is C12H14N2O6S2+2. The molecule has 0 unspecified atom stereocenters. The molecule has 0 bridgehead atoms. The second-order valence-electron chi connectivity index (χ2n) is 4.15. The standard InChI is InChI=1S/C12H14N2O6S2/c1-13-19-21(15,16)11-5-3-10-8-12(6-4-9(10)7-11)22(17,18)20-14-2/h3-8,13-14H,1-2H3/q+2. The first-order valence-electron chi connectivity index (χ1n) is 6.04. The Morgan fingerprint density at radius 3 is 1.50 bits per heavy atom. The molecule has 8 nitrogen and oxygen atoms in total. The monoisotopic (exact) mass is 346 g/mol. The van der Waals surface area contributed by atoms with Crippen molar-refractivity contribution in [2.45, 2.75) is 0 Å². The minimum Gasteiger partial charge on any atom is -0.186 e. The van der Waals surface area contributed by atoms with Crippen molar-refractivity contribution in [1.29, 1.82) is 0 Å². The Morgan fingerprint density at radius 1 is 0.818 bits per heavy atom. The first kappa shape index (κ1) is 16.8. The molecule has 0 atom stereocenters. The van der Waals surface area contributed by atoms with Gasteiger partial charge in [0.1, 0.15) is 12.2 Å². The van der Waals surface area contributed by atoms with Crippen molar-refractivity contribution in [3.63, 3.8) is 0 Å². The topological polar surface area (TPSA) is 111 Å². The van der Waals surface area contributed by atoms with Gasteiger partial charge in [-0.15, -0.1) is 0 Å². The quantitative estimate of drug-likeness (QED) is 0.511.